The van der Waals surface area contributed by atoms with Crippen LogP contribution in [-0.4, -0.2) is 48.5 Å². The molecule has 0 saturated heterocycles. The fourth-order valence-electron chi connectivity index (χ4n) is 0.990. The lowest BCUT2D eigenvalue weighted by atomic mass is 10.4. The average molecular weight is 214 g/mol. The predicted octanol–water partition coefficient (Wildman–Crippen LogP) is -0.320. The highest BCUT2D eigenvalue weighted by molar-refractivity contribution is 5.76. The summed E-state index contributed by atoms with van der Waals surface area (Å²) in [6.45, 7) is 1.36. The van der Waals surface area contributed by atoms with Gasteiger partial charge in [0.15, 0.2) is 0 Å². The largest absolute Gasteiger partial charge is 0.852 e. The SMILES string of the molecule is CC(O)C[N+](C)(C)/N=C(\[O-])C(F)(F)F. The molecule has 0 rings (SSSR count). The second-order valence-electron chi connectivity index (χ2n) is 3.56. The van der Waals surface area contributed by atoms with Gasteiger partial charge in [-0.25, -0.2) is 4.59 Å². The zero-order valence-corrected chi connectivity index (χ0v) is 8.17. The lowest BCUT2D eigenvalue weighted by Gasteiger charge is -2.26. The van der Waals surface area contributed by atoms with Crippen molar-refractivity contribution in [2.75, 3.05) is 20.6 Å². The highest BCUT2D eigenvalue weighted by Gasteiger charge is 2.32. The Balaban J connectivity index is 4.62. The smallest absolute Gasteiger partial charge is 0.424 e. The van der Waals surface area contributed by atoms with Crippen LogP contribution < -0.4 is 5.11 Å². The van der Waals surface area contributed by atoms with Crippen LogP contribution in [0.3, 0.4) is 0 Å². The summed E-state index contributed by atoms with van der Waals surface area (Å²) in [4.78, 5) is 0. The first-order valence-electron chi connectivity index (χ1n) is 3.90. The minimum Gasteiger partial charge on any atom is -0.852 e. The molecule has 1 atom stereocenters. The van der Waals surface area contributed by atoms with Crippen molar-refractivity contribution >= 4 is 5.90 Å². The minimum absolute atomic E-state index is 0.0537. The van der Waals surface area contributed by atoms with E-state index in [2.05, 4.69) is 5.10 Å². The molecular formula is C7H13F3N2O2. The first-order chi connectivity index (χ1) is 6.04. The molecule has 4 nitrogen and oxygen atoms in total. The number of aliphatic hydroxyl groups is 1. The molecule has 0 aliphatic rings. The number of alkyl halides is 3. The Morgan fingerprint density at radius 1 is 1.50 bits per heavy atom. The highest BCUT2D eigenvalue weighted by Crippen LogP contribution is 2.15. The van der Waals surface area contributed by atoms with Crippen LogP contribution in [0.4, 0.5) is 13.2 Å². The third-order valence-electron chi connectivity index (χ3n) is 1.32. The van der Waals surface area contributed by atoms with E-state index < -0.39 is 22.8 Å². The van der Waals surface area contributed by atoms with Gasteiger partial charge in [0.2, 0.25) is 0 Å². The molecule has 0 aromatic heterocycles. The number of rotatable bonds is 3. The summed E-state index contributed by atoms with van der Waals surface area (Å²) in [6.07, 6.45) is -5.77. The second kappa shape index (κ2) is 4.14. The summed E-state index contributed by atoms with van der Waals surface area (Å²) >= 11 is 0. The zero-order valence-electron chi connectivity index (χ0n) is 8.17. The minimum atomic E-state index is -4.95. The van der Waals surface area contributed by atoms with Crippen LogP contribution in [0.15, 0.2) is 5.10 Å². The summed E-state index contributed by atoms with van der Waals surface area (Å²) in [5, 5.41) is 22.3. The van der Waals surface area contributed by atoms with Crippen LogP contribution in [0.1, 0.15) is 6.92 Å². The fraction of sp³-hybridized carbons (Fsp3) is 0.857. The molecule has 0 amide bonds. The van der Waals surface area contributed by atoms with E-state index in [0.29, 0.717) is 0 Å². The van der Waals surface area contributed by atoms with Gasteiger partial charge in [-0.3, -0.25) is 0 Å². The Morgan fingerprint density at radius 3 is 2.21 bits per heavy atom. The summed E-state index contributed by atoms with van der Waals surface area (Å²) in [6, 6.07) is 0. The van der Waals surface area contributed by atoms with Gasteiger partial charge in [-0.2, -0.15) is 13.2 Å². The summed E-state index contributed by atoms with van der Waals surface area (Å²) in [7, 11) is 2.60. The molecule has 0 radical (unpaired) electrons. The summed E-state index contributed by atoms with van der Waals surface area (Å²) in [5.74, 6) is -2.14. The molecule has 0 fully saturated rings. The van der Waals surface area contributed by atoms with E-state index in [9.17, 15) is 18.3 Å². The van der Waals surface area contributed by atoms with Gasteiger partial charge in [0.1, 0.15) is 18.5 Å². The first-order valence-corrected chi connectivity index (χ1v) is 3.90. The van der Waals surface area contributed by atoms with E-state index in [4.69, 9.17) is 5.11 Å². The number of nitrogens with zero attached hydrogens (tertiary/aromatic N) is 2. The molecule has 0 aromatic rings. The van der Waals surface area contributed by atoms with Crippen molar-refractivity contribution in [3.63, 3.8) is 0 Å². The van der Waals surface area contributed by atoms with Crippen LogP contribution in [0.2, 0.25) is 0 Å². The van der Waals surface area contributed by atoms with Gasteiger partial charge in [-0.15, -0.1) is 0 Å². The van der Waals surface area contributed by atoms with E-state index in [1.165, 1.54) is 21.0 Å². The zero-order chi connectivity index (χ0) is 11.6. The maximum atomic E-state index is 11.8. The second-order valence-corrected chi connectivity index (χ2v) is 3.56. The number of halogens is 3. The van der Waals surface area contributed by atoms with Crippen molar-refractivity contribution in [2.45, 2.75) is 19.2 Å². The van der Waals surface area contributed by atoms with E-state index in [0.717, 1.165) is 0 Å². The maximum Gasteiger partial charge on any atom is 0.424 e. The van der Waals surface area contributed by atoms with Gasteiger partial charge < -0.3 is 10.2 Å². The molecule has 84 valence electrons. The van der Waals surface area contributed by atoms with Crippen molar-refractivity contribution in [3.8, 4) is 0 Å². The number of quaternary nitrogens is 1. The first kappa shape index (κ1) is 13.2. The number of aliphatic hydroxyl groups excluding tert-OH is 1. The predicted molar refractivity (Wildman–Crippen MR) is 42.1 cm³/mol. The van der Waals surface area contributed by atoms with Crippen molar-refractivity contribution in [1.82, 2.24) is 0 Å². The van der Waals surface area contributed by atoms with E-state index >= 15 is 0 Å². The summed E-state index contributed by atoms with van der Waals surface area (Å²) < 4.78 is 34.9. The third-order valence-corrected chi connectivity index (χ3v) is 1.32. The quantitative estimate of drug-likeness (QED) is 0.303. The van der Waals surface area contributed by atoms with Gasteiger partial charge >= 0.3 is 6.18 Å². The van der Waals surface area contributed by atoms with Crippen molar-refractivity contribution < 1.29 is 28.0 Å². The Hall–Kier alpha value is -0.820. The molecule has 0 aliphatic carbocycles. The van der Waals surface area contributed by atoms with Crippen molar-refractivity contribution in [3.05, 3.63) is 0 Å². The van der Waals surface area contributed by atoms with E-state index in [1.54, 1.807) is 0 Å². The lowest BCUT2D eigenvalue weighted by molar-refractivity contribution is -0.901. The van der Waals surface area contributed by atoms with Gasteiger partial charge in [0.05, 0.1) is 14.1 Å². The number of hydrogen-bond acceptors (Lipinski definition) is 3. The van der Waals surface area contributed by atoms with Crippen LogP contribution in [0, 0.1) is 0 Å². The lowest BCUT2D eigenvalue weighted by Crippen LogP contribution is -2.45. The Bertz CT molecular complexity index is 223. The van der Waals surface area contributed by atoms with Crippen molar-refractivity contribution in [1.29, 1.82) is 0 Å². The Morgan fingerprint density at radius 2 is 1.93 bits per heavy atom. The molecule has 0 aliphatic heterocycles. The van der Waals surface area contributed by atoms with Crippen LogP contribution in [0.5, 0.6) is 0 Å². The normalized spacial score (nSPS) is 16.9. The number of likely N-dealkylation sites (N-methyl/N-ethyl adjacent to an activating group) is 1. The van der Waals surface area contributed by atoms with Crippen LogP contribution in [0.25, 0.3) is 0 Å². The molecule has 14 heavy (non-hydrogen) atoms. The highest BCUT2D eigenvalue weighted by atomic mass is 19.4. The molecular weight excluding hydrogens is 201 g/mol. The Labute approximate surface area is 79.8 Å². The molecule has 0 spiro atoms. The average Bonchev–Trinajstić information content (AvgIpc) is 1.79. The van der Waals surface area contributed by atoms with Gasteiger partial charge in [-0.1, -0.05) is 5.10 Å². The molecule has 0 saturated carbocycles. The van der Waals surface area contributed by atoms with Gasteiger partial charge in [0.25, 0.3) is 0 Å². The third kappa shape index (κ3) is 5.03. The van der Waals surface area contributed by atoms with E-state index in [-0.39, 0.29) is 6.54 Å². The molecule has 7 heteroatoms. The fourth-order valence-corrected chi connectivity index (χ4v) is 0.990. The van der Waals surface area contributed by atoms with Gasteiger partial charge in [-0.05, 0) is 6.92 Å². The topological polar surface area (TPSA) is 55.7 Å². The monoisotopic (exact) mass is 214 g/mol. The number of hydrogen-bond donors (Lipinski definition) is 1. The van der Waals surface area contributed by atoms with Crippen LogP contribution in [-0.2, 0) is 0 Å². The molecule has 0 heterocycles. The standard InChI is InChI=1S/C7H13F3N2O2/c1-5(13)4-12(2,3)11-6(14)7(8,9)10/h5,13H,4H2,1-3H3. The molecule has 1 N–H and O–H groups in total. The van der Waals surface area contributed by atoms with Gasteiger partial charge in [0, 0.05) is 0 Å². The van der Waals surface area contributed by atoms with Crippen LogP contribution >= 0.6 is 0 Å². The maximum absolute atomic E-state index is 11.8. The Kier molecular flexibility index (Phi) is 3.90. The molecule has 0 aromatic carbocycles. The molecule has 0 bridgehead atoms. The molecule has 1 unspecified atom stereocenters. The van der Waals surface area contributed by atoms with Crippen molar-refractivity contribution in [2.24, 2.45) is 5.10 Å². The van der Waals surface area contributed by atoms with E-state index in [1.807, 2.05) is 0 Å². The summed E-state index contributed by atoms with van der Waals surface area (Å²) in [5.41, 5.74) is 0.